The molecule has 2 rings (SSSR count). The largest absolute Gasteiger partial charge is 0.353 e. The normalized spacial score (nSPS) is 17.7. The Hall–Kier alpha value is -1.39. The maximum absolute atomic E-state index is 12.0. The van der Waals surface area contributed by atoms with Crippen LogP contribution < -0.4 is 11.1 Å². The molecule has 1 amide bonds. The zero-order valence-corrected chi connectivity index (χ0v) is 12.3. The number of nitrogens with two attached hydrogens (primary N) is 1. The van der Waals surface area contributed by atoms with Gasteiger partial charge in [0.25, 0.3) is 0 Å². The summed E-state index contributed by atoms with van der Waals surface area (Å²) in [5, 5.41) is 2.94. The van der Waals surface area contributed by atoms with Gasteiger partial charge in [0.2, 0.25) is 5.91 Å². The number of amides is 1. The number of carbonyl (C=O) groups excluding carboxylic acids is 1. The van der Waals surface area contributed by atoms with Crippen molar-refractivity contribution in [3.8, 4) is 0 Å². The first-order valence-corrected chi connectivity index (χ1v) is 7.49. The Labute approximate surface area is 121 Å². The minimum atomic E-state index is -0.572. The van der Waals surface area contributed by atoms with Gasteiger partial charge in [-0.25, -0.2) is 0 Å². The molecule has 3 N–H and O–H groups in total. The highest BCUT2D eigenvalue weighted by Gasteiger charge is 2.16. The molecule has 1 saturated heterocycles. The molecular weight excluding hydrogens is 250 g/mol. The lowest BCUT2D eigenvalue weighted by Crippen LogP contribution is -2.40. The molecule has 1 heterocycles. The molecule has 0 spiro atoms. The van der Waals surface area contributed by atoms with Gasteiger partial charge in [-0.2, -0.15) is 0 Å². The zero-order chi connectivity index (χ0) is 14.4. The molecule has 0 radical (unpaired) electrons. The van der Waals surface area contributed by atoms with Crippen molar-refractivity contribution in [2.75, 3.05) is 26.2 Å². The second kappa shape index (κ2) is 7.41. The van der Waals surface area contributed by atoms with Crippen molar-refractivity contribution in [2.45, 2.75) is 32.2 Å². The Kier molecular flexibility index (Phi) is 5.56. The molecule has 1 aliphatic heterocycles. The molecule has 0 aliphatic carbocycles. The van der Waals surface area contributed by atoms with Crippen LogP contribution >= 0.6 is 0 Å². The van der Waals surface area contributed by atoms with Gasteiger partial charge in [-0.3, -0.25) is 4.79 Å². The summed E-state index contributed by atoms with van der Waals surface area (Å²) in [6.45, 7) is 5.93. The fourth-order valence-electron chi connectivity index (χ4n) is 2.56. The molecule has 4 nitrogen and oxygen atoms in total. The van der Waals surface area contributed by atoms with Crippen molar-refractivity contribution in [1.29, 1.82) is 0 Å². The Morgan fingerprint density at radius 3 is 2.55 bits per heavy atom. The third-order valence-electron chi connectivity index (χ3n) is 3.89. The van der Waals surface area contributed by atoms with Gasteiger partial charge in [-0.05, 0) is 38.4 Å². The van der Waals surface area contributed by atoms with E-state index in [1.165, 1.54) is 24.8 Å². The van der Waals surface area contributed by atoms with E-state index in [0.29, 0.717) is 6.54 Å². The molecule has 1 atom stereocenters. The van der Waals surface area contributed by atoms with Crippen molar-refractivity contribution in [3.63, 3.8) is 0 Å². The van der Waals surface area contributed by atoms with Gasteiger partial charge >= 0.3 is 0 Å². The van der Waals surface area contributed by atoms with E-state index in [1.54, 1.807) is 0 Å². The van der Waals surface area contributed by atoms with Crippen LogP contribution in [-0.4, -0.2) is 37.0 Å². The standard InChI is InChI=1S/C16H25N3O/c1-13-5-7-14(8-6-13)15(17)16(20)18-9-12-19-10-3-2-4-11-19/h5-8,15H,2-4,9-12,17H2,1H3,(H,18,20). The van der Waals surface area contributed by atoms with Crippen LogP contribution in [0.4, 0.5) is 0 Å². The number of rotatable bonds is 5. The second-order valence-corrected chi connectivity index (χ2v) is 5.58. The molecular formula is C16H25N3O. The van der Waals surface area contributed by atoms with E-state index in [4.69, 9.17) is 5.73 Å². The van der Waals surface area contributed by atoms with Crippen LogP contribution in [-0.2, 0) is 4.79 Å². The lowest BCUT2D eigenvalue weighted by atomic mass is 10.1. The molecule has 110 valence electrons. The molecule has 4 heteroatoms. The van der Waals surface area contributed by atoms with E-state index in [2.05, 4.69) is 10.2 Å². The van der Waals surface area contributed by atoms with Gasteiger partial charge in [-0.15, -0.1) is 0 Å². The fourth-order valence-corrected chi connectivity index (χ4v) is 2.56. The van der Waals surface area contributed by atoms with Crippen molar-refractivity contribution in [2.24, 2.45) is 5.73 Å². The average molecular weight is 275 g/mol. The number of nitrogens with zero attached hydrogens (tertiary/aromatic N) is 1. The zero-order valence-electron chi connectivity index (χ0n) is 12.3. The van der Waals surface area contributed by atoms with Gasteiger partial charge in [0.15, 0.2) is 0 Å². The van der Waals surface area contributed by atoms with Crippen molar-refractivity contribution in [3.05, 3.63) is 35.4 Å². The molecule has 1 aliphatic rings. The number of likely N-dealkylation sites (tertiary alicyclic amines) is 1. The summed E-state index contributed by atoms with van der Waals surface area (Å²) in [7, 11) is 0. The molecule has 0 bridgehead atoms. The number of hydrogen-bond donors (Lipinski definition) is 2. The van der Waals surface area contributed by atoms with Crippen molar-refractivity contribution in [1.82, 2.24) is 10.2 Å². The lowest BCUT2D eigenvalue weighted by Gasteiger charge is -2.26. The Morgan fingerprint density at radius 1 is 1.25 bits per heavy atom. The van der Waals surface area contributed by atoms with Crippen LogP contribution in [0.15, 0.2) is 24.3 Å². The third kappa shape index (κ3) is 4.32. The predicted molar refractivity (Wildman–Crippen MR) is 81.4 cm³/mol. The predicted octanol–water partition coefficient (Wildman–Crippen LogP) is 1.60. The summed E-state index contributed by atoms with van der Waals surface area (Å²) in [5.74, 6) is -0.0918. The minimum Gasteiger partial charge on any atom is -0.353 e. The van der Waals surface area contributed by atoms with Crippen LogP contribution in [0, 0.1) is 6.92 Å². The summed E-state index contributed by atoms with van der Waals surface area (Å²) < 4.78 is 0. The van der Waals surface area contributed by atoms with E-state index < -0.39 is 6.04 Å². The van der Waals surface area contributed by atoms with E-state index >= 15 is 0 Å². The van der Waals surface area contributed by atoms with Crippen molar-refractivity contribution < 1.29 is 4.79 Å². The number of carbonyl (C=O) groups is 1. The smallest absolute Gasteiger partial charge is 0.241 e. The number of benzene rings is 1. The van der Waals surface area contributed by atoms with Crippen LogP contribution in [0.3, 0.4) is 0 Å². The fraction of sp³-hybridized carbons (Fsp3) is 0.562. The Balaban J connectivity index is 1.74. The number of nitrogens with one attached hydrogen (secondary N) is 1. The monoisotopic (exact) mass is 275 g/mol. The van der Waals surface area contributed by atoms with Crippen LogP contribution in [0.5, 0.6) is 0 Å². The quantitative estimate of drug-likeness (QED) is 0.858. The topological polar surface area (TPSA) is 58.4 Å². The van der Waals surface area contributed by atoms with Crippen LogP contribution in [0.1, 0.15) is 36.4 Å². The average Bonchev–Trinajstić information content (AvgIpc) is 2.48. The van der Waals surface area contributed by atoms with E-state index in [0.717, 1.165) is 25.2 Å². The van der Waals surface area contributed by atoms with Gasteiger partial charge in [0.05, 0.1) is 0 Å². The SMILES string of the molecule is Cc1ccc(C(N)C(=O)NCCN2CCCCC2)cc1. The molecule has 0 aromatic heterocycles. The van der Waals surface area contributed by atoms with E-state index in [1.807, 2.05) is 31.2 Å². The van der Waals surface area contributed by atoms with Gasteiger partial charge < -0.3 is 16.0 Å². The summed E-state index contributed by atoms with van der Waals surface area (Å²) in [6, 6.07) is 7.23. The van der Waals surface area contributed by atoms with Gasteiger partial charge in [-0.1, -0.05) is 36.2 Å². The maximum atomic E-state index is 12.0. The van der Waals surface area contributed by atoms with E-state index in [-0.39, 0.29) is 5.91 Å². The molecule has 1 aromatic rings. The number of piperidine rings is 1. The summed E-state index contributed by atoms with van der Waals surface area (Å²) in [5.41, 5.74) is 8.02. The number of aryl methyl sites for hydroxylation is 1. The summed E-state index contributed by atoms with van der Waals surface area (Å²) in [6.07, 6.45) is 3.88. The number of hydrogen-bond acceptors (Lipinski definition) is 3. The summed E-state index contributed by atoms with van der Waals surface area (Å²) >= 11 is 0. The highest BCUT2D eigenvalue weighted by Crippen LogP contribution is 2.11. The molecule has 20 heavy (non-hydrogen) atoms. The highest BCUT2D eigenvalue weighted by atomic mass is 16.2. The van der Waals surface area contributed by atoms with Crippen molar-refractivity contribution >= 4 is 5.91 Å². The third-order valence-corrected chi connectivity index (χ3v) is 3.89. The molecule has 1 aromatic carbocycles. The van der Waals surface area contributed by atoms with Gasteiger partial charge in [0, 0.05) is 13.1 Å². The minimum absolute atomic E-state index is 0.0918. The Morgan fingerprint density at radius 2 is 1.90 bits per heavy atom. The van der Waals surface area contributed by atoms with Crippen LogP contribution in [0.25, 0.3) is 0 Å². The molecule has 1 fully saturated rings. The summed E-state index contributed by atoms with van der Waals surface area (Å²) in [4.78, 5) is 14.4. The van der Waals surface area contributed by atoms with Crippen LogP contribution in [0.2, 0.25) is 0 Å². The lowest BCUT2D eigenvalue weighted by molar-refractivity contribution is -0.122. The maximum Gasteiger partial charge on any atom is 0.241 e. The molecule has 1 unspecified atom stereocenters. The first-order valence-electron chi connectivity index (χ1n) is 7.49. The Bertz CT molecular complexity index is 424. The highest BCUT2D eigenvalue weighted by molar-refractivity contribution is 5.82. The van der Waals surface area contributed by atoms with Gasteiger partial charge in [0.1, 0.15) is 6.04 Å². The second-order valence-electron chi connectivity index (χ2n) is 5.58. The van der Waals surface area contributed by atoms with E-state index in [9.17, 15) is 4.79 Å². The first-order chi connectivity index (χ1) is 9.66. The first kappa shape index (κ1) is 15.0. The molecule has 0 saturated carbocycles.